The van der Waals surface area contributed by atoms with Gasteiger partial charge in [-0.25, -0.2) is 9.24 Å². The fourth-order valence-corrected chi connectivity index (χ4v) is 5.83. The third kappa shape index (κ3) is 3.90. The summed E-state index contributed by atoms with van der Waals surface area (Å²) in [5.74, 6) is -2.47. The van der Waals surface area contributed by atoms with Crippen molar-refractivity contribution in [1.29, 1.82) is 0 Å². The third-order valence-corrected chi connectivity index (χ3v) is 7.74. The molecule has 0 unspecified atom stereocenters. The molecule has 7 nitrogen and oxygen atoms in total. The zero-order valence-electron chi connectivity index (χ0n) is 19.2. The largest absolute Gasteiger partial charge is 0.502 e. The Bertz CT molecular complexity index is 1530. The number of alkyl halides is 3. The average Bonchev–Trinajstić information content (AvgIpc) is 3.03. The number of rotatable bonds is 2. The number of carbonyl (C=O) groups is 1. The van der Waals surface area contributed by atoms with Crippen LogP contribution in [0.3, 0.4) is 0 Å². The predicted octanol–water partition coefficient (Wildman–Crippen LogP) is 4.94. The Kier molecular flexibility index (Phi) is 5.91. The van der Waals surface area contributed by atoms with E-state index in [4.69, 9.17) is 6.57 Å². The third-order valence-electron chi connectivity index (χ3n) is 6.59. The Morgan fingerprint density at radius 2 is 1.84 bits per heavy atom. The Balaban J connectivity index is 1.82. The lowest BCUT2D eigenvalue weighted by atomic mass is 9.93. The predicted molar refractivity (Wildman–Crippen MR) is 128 cm³/mol. The number of hydrogen-bond acceptors (Lipinski definition) is 5. The van der Waals surface area contributed by atoms with Crippen LogP contribution in [0.25, 0.3) is 4.85 Å². The van der Waals surface area contributed by atoms with E-state index in [-0.39, 0.29) is 10.6 Å². The van der Waals surface area contributed by atoms with Crippen molar-refractivity contribution in [2.45, 2.75) is 35.8 Å². The highest BCUT2D eigenvalue weighted by atomic mass is 32.2. The van der Waals surface area contributed by atoms with E-state index < -0.39 is 53.5 Å². The number of amides is 1. The number of thioether (sulfide) groups is 1. The molecule has 3 aromatic rings. The van der Waals surface area contributed by atoms with Gasteiger partial charge in [0, 0.05) is 22.9 Å². The molecular weight excluding hydrogens is 512 g/mol. The second-order valence-electron chi connectivity index (χ2n) is 8.60. The smallest absolute Gasteiger partial charge is 0.408 e. The van der Waals surface area contributed by atoms with Crippen molar-refractivity contribution in [2.24, 2.45) is 0 Å². The standard InChI is InChI=1S/C25H18F4N4O3S/c1-13(25(27,28)29)31-12-33(32-10-9-19(34)22(35)21(32)24(31)36)20-14-5-4-8-18(30-2)16(14)11-37-23-15(20)6-3-7-17(23)26/h3-10,13,20,35H,11-12H2,1H3/t13-,20+/m1/s1. The van der Waals surface area contributed by atoms with Gasteiger partial charge in [0.1, 0.15) is 18.5 Å². The minimum atomic E-state index is -4.80. The Labute approximate surface area is 212 Å². The van der Waals surface area contributed by atoms with E-state index in [0.717, 1.165) is 29.4 Å². The van der Waals surface area contributed by atoms with E-state index >= 15 is 4.39 Å². The quantitative estimate of drug-likeness (QED) is 0.376. The van der Waals surface area contributed by atoms with Crippen LogP contribution in [0.4, 0.5) is 23.2 Å². The van der Waals surface area contributed by atoms with Crippen LogP contribution in [0, 0.1) is 12.4 Å². The van der Waals surface area contributed by atoms with E-state index in [1.807, 2.05) is 0 Å². The zero-order chi connectivity index (χ0) is 26.6. The molecule has 1 aromatic heterocycles. The van der Waals surface area contributed by atoms with Crippen molar-refractivity contribution in [2.75, 3.05) is 11.7 Å². The van der Waals surface area contributed by atoms with E-state index in [1.165, 1.54) is 23.3 Å². The molecule has 0 fully saturated rings. The lowest BCUT2D eigenvalue weighted by Crippen LogP contribution is -2.60. The first-order chi connectivity index (χ1) is 17.5. The van der Waals surface area contributed by atoms with Gasteiger partial charge in [0.25, 0.3) is 5.91 Å². The van der Waals surface area contributed by atoms with Gasteiger partial charge in [-0.15, -0.1) is 11.8 Å². The maximum atomic E-state index is 15.0. The number of aromatic nitrogens is 1. The monoisotopic (exact) mass is 530 g/mol. The van der Waals surface area contributed by atoms with Crippen molar-refractivity contribution in [3.8, 4) is 5.75 Å². The molecule has 1 amide bonds. The van der Waals surface area contributed by atoms with Crippen molar-refractivity contribution >= 4 is 23.4 Å². The summed E-state index contributed by atoms with van der Waals surface area (Å²) < 4.78 is 57.6. The van der Waals surface area contributed by atoms with Crippen LogP contribution in [0.2, 0.25) is 0 Å². The minimum Gasteiger partial charge on any atom is -0.502 e. The molecule has 0 radical (unpaired) electrons. The number of fused-ring (bicyclic) bond motifs is 3. The summed E-state index contributed by atoms with van der Waals surface area (Å²) in [5.41, 5.74) is 0.252. The molecule has 0 aliphatic carbocycles. The van der Waals surface area contributed by atoms with Gasteiger partial charge in [0.2, 0.25) is 5.43 Å². The van der Waals surface area contributed by atoms with Crippen LogP contribution in [-0.4, -0.2) is 39.5 Å². The second-order valence-corrected chi connectivity index (χ2v) is 9.59. The molecule has 2 aromatic carbocycles. The van der Waals surface area contributed by atoms with Gasteiger partial charge >= 0.3 is 6.18 Å². The number of carbonyl (C=O) groups excluding carboxylic acids is 1. The zero-order valence-corrected chi connectivity index (χ0v) is 20.0. The van der Waals surface area contributed by atoms with Gasteiger partial charge in [-0.3, -0.25) is 19.3 Å². The fraction of sp³-hybridized carbons (Fsp3) is 0.240. The molecule has 1 N–H and O–H groups in total. The number of hydrogen-bond donors (Lipinski definition) is 1. The number of nitrogens with zero attached hydrogens (tertiary/aromatic N) is 4. The number of benzene rings is 2. The van der Waals surface area contributed by atoms with Gasteiger partial charge in [-0.05, 0) is 29.7 Å². The van der Waals surface area contributed by atoms with E-state index in [2.05, 4.69) is 4.85 Å². The highest BCUT2D eigenvalue weighted by Crippen LogP contribution is 2.46. The first kappa shape index (κ1) is 24.7. The Hall–Kier alpha value is -3.98. The van der Waals surface area contributed by atoms with Crippen LogP contribution in [0.1, 0.15) is 40.1 Å². The molecule has 37 heavy (non-hydrogen) atoms. The topological polar surface area (TPSA) is 70.1 Å². The summed E-state index contributed by atoms with van der Waals surface area (Å²) in [4.78, 5) is 29.7. The summed E-state index contributed by atoms with van der Waals surface area (Å²) in [5, 5.41) is 11.9. The molecule has 0 bridgehead atoms. The molecule has 0 saturated heterocycles. The molecule has 3 heterocycles. The van der Waals surface area contributed by atoms with Crippen molar-refractivity contribution in [1.82, 2.24) is 9.58 Å². The number of halogens is 4. The molecule has 0 spiro atoms. The summed E-state index contributed by atoms with van der Waals surface area (Å²) in [6, 6.07) is 7.07. The van der Waals surface area contributed by atoms with Gasteiger partial charge in [0.15, 0.2) is 17.1 Å². The van der Waals surface area contributed by atoms with Crippen molar-refractivity contribution in [3.63, 3.8) is 0 Å². The maximum Gasteiger partial charge on any atom is 0.408 e. The van der Waals surface area contributed by atoms with Crippen LogP contribution in [0.5, 0.6) is 5.75 Å². The molecule has 2 aliphatic rings. The molecule has 12 heteroatoms. The second kappa shape index (κ2) is 8.85. The highest BCUT2D eigenvalue weighted by molar-refractivity contribution is 7.98. The van der Waals surface area contributed by atoms with E-state index in [9.17, 15) is 27.9 Å². The van der Waals surface area contributed by atoms with Crippen LogP contribution >= 0.6 is 11.8 Å². The van der Waals surface area contributed by atoms with Gasteiger partial charge in [-0.2, -0.15) is 13.2 Å². The van der Waals surface area contributed by atoms with E-state index in [1.54, 1.807) is 24.3 Å². The molecule has 2 atom stereocenters. The van der Waals surface area contributed by atoms with Gasteiger partial charge in [0.05, 0.1) is 12.6 Å². The Morgan fingerprint density at radius 3 is 2.54 bits per heavy atom. The minimum absolute atomic E-state index is 0.232. The van der Waals surface area contributed by atoms with Crippen LogP contribution < -0.4 is 10.4 Å². The molecule has 5 rings (SSSR count). The maximum absolute atomic E-state index is 15.0. The van der Waals surface area contributed by atoms with Crippen LogP contribution in [-0.2, 0) is 5.75 Å². The molecule has 190 valence electrons. The first-order valence-electron chi connectivity index (χ1n) is 11.0. The lowest BCUT2D eigenvalue weighted by molar-refractivity contribution is -0.173. The van der Waals surface area contributed by atoms with Crippen molar-refractivity contribution in [3.05, 3.63) is 98.5 Å². The first-order valence-corrected chi connectivity index (χ1v) is 12.0. The van der Waals surface area contributed by atoms with Crippen LogP contribution in [0.15, 0.2) is 58.4 Å². The Morgan fingerprint density at radius 1 is 1.14 bits per heavy atom. The molecule has 0 saturated carbocycles. The lowest BCUT2D eigenvalue weighted by Gasteiger charge is -2.46. The normalized spacial score (nSPS) is 17.8. The number of aromatic hydroxyl groups is 1. The highest BCUT2D eigenvalue weighted by Gasteiger charge is 2.47. The summed E-state index contributed by atoms with van der Waals surface area (Å²) >= 11 is 1.16. The molecular formula is C25H18F4N4O3S. The average molecular weight is 531 g/mol. The van der Waals surface area contributed by atoms with Crippen molar-refractivity contribution < 1.29 is 27.5 Å². The summed E-state index contributed by atoms with van der Waals surface area (Å²) in [7, 11) is 0. The van der Waals surface area contributed by atoms with E-state index in [0.29, 0.717) is 27.3 Å². The summed E-state index contributed by atoms with van der Waals surface area (Å²) in [6.07, 6.45) is -3.60. The summed E-state index contributed by atoms with van der Waals surface area (Å²) in [6.45, 7) is 7.81. The van der Waals surface area contributed by atoms with Gasteiger partial charge in [-0.1, -0.05) is 30.3 Å². The van der Waals surface area contributed by atoms with Gasteiger partial charge < -0.3 is 10.0 Å². The molecule has 2 aliphatic heterocycles. The SMILES string of the molecule is [C-]#[N+]c1cccc2c1CSc1c(F)cccc1[C@H]2N1CN([C@H](C)C(F)(F)F)C(=O)c2c(O)c(=O)ccn21. The number of pyridine rings is 1. The fourth-order valence-electron chi connectivity index (χ4n) is 4.67.